The molecule has 0 bridgehead atoms. The Labute approximate surface area is 211 Å². The van der Waals surface area contributed by atoms with Gasteiger partial charge in [-0.1, -0.05) is 51.6 Å². The fourth-order valence-electron chi connectivity index (χ4n) is 4.79. The van der Waals surface area contributed by atoms with Gasteiger partial charge in [0.1, 0.15) is 42.4 Å². The molecule has 0 radical (unpaired) electrons. The zero-order chi connectivity index (χ0) is 24.3. The van der Waals surface area contributed by atoms with Crippen molar-refractivity contribution in [2.45, 2.75) is 70.7 Å². The summed E-state index contributed by atoms with van der Waals surface area (Å²) in [6, 6.07) is 9.20. The van der Waals surface area contributed by atoms with Crippen molar-refractivity contribution in [2.24, 2.45) is 10.4 Å². The molecule has 0 unspecified atom stereocenters. The Morgan fingerprint density at radius 3 is 2.56 bits per heavy atom. The van der Waals surface area contributed by atoms with Gasteiger partial charge in [-0.25, -0.2) is 9.67 Å². The van der Waals surface area contributed by atoms with Crippen molar-refractivity contribution in [3.05, 3.63) is 41.9 Å². The lowest BCUT2D eigenvalue weighted by Crippen LogP contribution is -2.52. The van der Waals surface area contributed by atoms with Crippen molar-refractivity contribution in [1.82, 2.24) is 25.0 Å². The van der Waals surface area contributed by atoms with Crippen molar-refractivity contribution in [2.75, 3.05) is 6.54 Å². The Balaban J connectivity index is 1.78. The summed E-state index contributed by atoms with van der Waals surface area (Å²) in [4.78, 5) is 11.5. The molecule has 2 atom stereocenters. The lowest BCUT2D eigenvalue weighted by atomic mass is 9.79. The average Bonchev–Trinajstić information content (AvgIpc) is 3.41. The Bertz CT molecular complexity index is 1070. The largest absolute Gasteiger partial charge is 0.466 e. The van der Waals surface area contributed by atoms with Crippen molar-refractivity contribution in [3.63, 3.8) is 0 Å². The Morgan fingerprint density at radius 2 is 1.97 bits per heavy atom. The van der Waals surface area contributed by atoms with Gasteiger partial charge >= 0.3 is 0 Å². The maximum absolute atomic E-state index is 9.49. The van der Waals surface area contributed by atoms with Gasteiger partial charge in [-0.05, 0) is 54.7 Å². The minimum atomic E-state index is -0.558. The summed E-state index contributed by atoms with van der Waals surface area (Å²) < 4.78 is 8.15. The molecule has 2 heterocycles. The van der Waals surface area contributed by atoms with Crippen LogP contribution in [0.4, 0.5) is 0 Å². The number of nitriles is 1. The molecular weight excluding hydrogens is 470 g/mol. The van der Waals surface area contributed by atoms with Crippen LogP contribution in [0.15, 0.2) is 41.9 Å². The number of halogens is 1. The van der Waals surface area contributed by atoms with E-state index < -0.39 is 6.23 Å². The van der Waals surface area contributed by atoms with Crippen molar-refractivity contribution in [3.8, 4) is 11.8 Å². The van der Waals surface area contributed by atoms with E-state index in [2.05, 4.69) is 42.2 Å². The predicted octanol–water partition coefficient (Wildman–Crippen LogP) is 4.74. The van der Waals surface area contributed by atoms with Gasteiger partial charge in [0.05, 0.1) is 6.07 Å². The molecule has 4 rings (SSSR count). The quantitative estimate of drug-likeness (QED) is 0.453. The number of aliphatic imine (C=N–C) groups is 1. The van der Waals surface area contributed by atoms with Gasteiger partial charge in [-0.2, -0.15) is 10.4 Å². The van der Waals surface area contributed by atoms with E-state index in [1.54, 1.807) is 23.1 Å². The second kappa shape index (κ2) is 9.88. The van der Waals surface area contributed by atoms with Gasteiger partial charge in [-0.3, -0.25) is 4.99 Å². The molecule has 2 aromatic rings. The number of rotatable bonds is 6. The van der Waals surface area contributed by atoms with Gasteiger partial charge < -0.3 is 15.0 Å². The average molecular weight is 500 g/mol. The van der Waals surface area contributed by atoms with Crippen LogP contribution in [0.3, 0.4) is 0 Å². The number of benzene rings is 1. The van der Waals surface area contributed by atoms with Crippen molar-refractivity contribution in [1.29, 1.82) is 5.26 Å². The summed E-state index contributed by atoms with van der Waals surface area (Å²) in [5, 5.41) is 18.4. The second-order valence-electron chi connectivity index (χ2n) is 9.89. The van der Waals surface area contributed by atoms with Gasteiger partial charge in [0.15, 0.2) is 5.11 Å². The zero-order valence-electron chi connectivity index (χ0n) is 19.7. The second-order valence-corrected chi connectivity index (χ2v) is 10.7. The van der Waals surface area contributed by atoms with E-state index in [0.29, 0.717) is 15.9 Å². The highest BCUT2D eigenvalue weighted by Crippen LogP contribution is 2.40. The molecule has 1 saturated heterocycles. The topological polar surface area (TPSA) is 91.4 Å². The van der Waals surface area contributed by atoms with Crippen LogP contribution in [-0.4, -0.2) is 48.7 Å². The zero-order valence-corrected chi connectivity index (χ0v) is 21.3. The van der Waals surface area contributed by atoms with Crippen LogP contribution in [0.2, 0.25) is 5.02 Å². The molecule has 1 aromatic carbocycles. The van der Waals surface area contributed by atoms with Gasteiger partial charge in [-0.15, -0.1) is 0 Å². The number of nitrogens with zero attached hydrogens (tertiary/aromatic N) is 6. The van der Waals surface area contributed by atoms with Crippen molar-refractivity contribution < 1.29 is 4.74 Å². The standard InChI is InChI=1S/C24H30ClN7OS/c1-23(2,3)19(20(32-16-27-15-28-32)33-18-9-7-17(25)8-10-18)29-21-24(11-5-4-6-12-24)31(14-13-26)22(34)30-21/h7-10,15-16,19-20H,4-6,11-12,14H2,1-3H3,(H,29,30,34)/t19-,20+/m1/s1. The highest BCUT2D eigenvalue weighted by molar-refractivity contribution is 7.80. The highest BCUT2D eigenvalue weighted by atomic mass is 35.5. The van der Waals surface area contributed by atoms with E-state index in [1.807, 2.05) is 17.0 Å². The van der Waals surface area contributed by atoms with E-state index >= 15 is 0 Å². The number of thiocarbonyl (C=S) groups is 1. The maximum atomic E-state index is 9.49. The fraction of sp³-hybridized carbons (Fsp3) is 0.542. The number of ether oxygens (including phenoxy) is 1. The van der Waals surface area contributed by atoms with Gasteiger partial charge in [0.2, 0.25) is 6.23 Å². The molecule has 180 valence electrons. The molecule has 10 heteroatoms. The third-order valence-corrected chi connectivity index (χ3v) is 7.11. The third-order valence-electron chi connectivity index (χ3n) is 6.53. The van der Waals surface area contributed by atoms with Crippen LogP contribution < -0.4 is 10.1 Å². The number of hydrogen-bond acceptors (Lipinski definition) is 6. The highest BCUT2D eigenvalue weighted by Gasteiger charge is 2.50. The number of aromatic nitrogens is 3. The van der Waals surface area contributed by atoms with Crippen LogP contribution in [0.25, 0.3) is 0 Å². The third kappa shape index (κ3) is 4.89. The molecule has 8 nitrogen and oxygen atoms in total. The van der Waals surface area contributed by atoms with E-state index in [-0.39, 0.29) is 23.5 Å². The number of hydrogen-bond donors (Lipinski definition) is 1. The normalized spacial score (nSPS) is 20.7. The number of amidine groups is 1. The molecule has 2 aliphatic rings. The van der Waals surface area contributed by atoms with Crippen molar-refractivity contribution >= 4 is 34.8 Å². The SMILES string of the molecule is CC(C)(C)[C@H](N=C1NC(=S)N(CC#N)C12CCCCC2)[C@H](Oc1ccc(Cl)cc1)n1cncn1. The van der Waals surface area contributed by atoms with Crippen LogP contribution in [0.1, 0.15) is 59.1 Å². The minimum absolute atomic E-state index is 0.235. The minimum Gasteiger partial charge on any atom is -0.466 e. The Morgan fingerprint density at radius 1 is 1.26 bits per heavy atom. The molecule has 1 N–H and O–H groups in total. The molecule has 1 aromatic heterocycles. The summed E-state index contributed by atoms with van der Waals surface area (Å²) in [5.41, 5.74) is -0.681. The van der Waals surface area contributed by atoms with Crippen LogP contribution in [0, 0.1) is 16.7 Å². The first kappa shape index (κ1) is 24.4. The summed E-state index contributed by atoms with van der Waals surface area (Å²) in [7, 11) is 0. The summed E-state index contributed by atoms with van der Waals surface area (Å²) in [6.45, 7) is 6.62. The molecule has 1 spiro atoms. The molecule has 34 heavy (non-hydrogen) atoms. The lowest BCUT2D eigenvalue weighted by Gasteiger charge is -2.41. The van der Waals surface area contributed by atoms with Gasteiger partial charge in [0, 0.05) is 5.02 Å². The van der Waals surface area contributed by atoms with Gasteiger partial charge in [0.25, 0.3) is 0 Å². The van der Waals surface area contributed by atoms with E-state index in [1.165, 1.54) is 12.7 Å². The first-order valence-corrected chi connectivity index (χ1v) is 12.3. The van der Waals surface area contributed by atoms with E-state index in [9.17, 15) is 5.26 Å². The molecule has 1 aliphatic heterocycles. The lowest BCUT2D eigenvalue weighted by molar-refractivity contribution is 0.0465. The summed E-state index contributed by atoms with van der Waals surface area (Å²) in [6.07, 6.45) is 7.70. The molecular formula is C24H30ClN7OS. The van der Waals surface area contributed by atoms with E-state index in [0.717, 1.165) is 31.5 Å². The smallest absolute Gasteiger partial charge is 0.215 e. The maximum Gasteiger partial charge on any atom is 0.215 e. The first-order valence-electron chi connectivity index (χ1n) is 11.5. The monoisotopic (exact) mass is 499 g/mol. The summed E-state index contributed by atoms with van der Waals surface area (Å²) in [5.74, 6) is 1.48. The van der Waals surface area contributed by atoms with Crippen LogP contribution in [-0.2, 0) is 0 Å². The number of nitrogens with one attached hydrogen (secondary N) is 1. The molecule has 1 saturated carbocycles. The first-order chi connectivity index (χ1) is 16.2. The Kier molecular flexibility index (Phi) is 7.10. The van der Waals surface area contributed by atoms with E-state index in [4.69, 9.17) is 33.5 Å². The molecule has 1 aliphatic carbocycles. The fourth-order valence-corrected chi connectivity index (χ4v) is 5.25. The van der Waals surface area contributed by atoms with Crippen LogP contribution >= 0.6 is 23.8 Å². The molecule has 2 fully saturated rings. The Hall–Kier alpha value is -2.70. The molecule has 0 amide bonds. The summed E-state index contributed by atoms with van der Waals surface area (Å²) >= 11 is 11.7. The van der Waals surface area contributed by atoms with Crippen LogP contribution in [0.5, 0.6) is 5.75 Å². The predicted molar refractivity (Wildman–Crippen MR) is 136 cm³/mol.